The lowest BCUT2D eigenvalue weighted by molar-refractivity contribution is -0.276. The number of hydrogen-bond donors (Lipinski definition) is 0. The van der Waals surface area contributed by atoms with E-state index in [1.54, 1.807) is 0 Å². The molecule has 2 nitrogen and oxygen atoms in total. The van der Waals surface area contributed by atoms with E-state index in [1.165, 1.54) is 25.7 Å². The molecule has 0 aromatic heterocycles. The highest BCUT2D eigenvalue weighted by Gasteiger charge is 2.44. The molecule has 2 aromatic carbocycles. The third-order valence-electron chi connectivity index (χ3n) is 8.59. The second kappa shape index (κ2) is 14.3. The summed E-state index contributed by atoms with van der Waals surface area (Å²) < 4.78 is 133. The van der Waals surface area contributed by atoms with Crippen molar-refractivity contribution in [2.45, 2.75) is 83.1 Å². The van der Waals surface area contributed by atoms with E-state index in [0.717, 1.165) is 25.2 Å². The number of ether oxygens (including phenoxy) is 2. The number of hydrogen-bond acceptors (Lipinski definition) is 2. The van der Waals surface area contributed by atoms with Crippen LogP contribution in [0.3, 0.4) is 0 Å². The van der Waals surface area contributed by atoms with Crippen LogP contribution in [0.25, 0.3) is 11.1 Å². The van der Waals surface area contributed by atoms with Crippen LogP contribution in [0.15, 0.2) is 49.1 Å². The van der Waals surface area contributed by atoms with Crippen LogP contribution in [0.5, 0.6) is 11.5 Å². The summed E-state index contributed by atoms with van der Waals surface area (Å²) in [7, 11) is 0. The molecule has 0 saturated heterocycles. The average molecular weight is 635 g/mol. The zero-order chi connectivity index (χ0) is 32.1. The Kier molecular flexibility index (Phi) is 11.0. The summed E-state index contributed by atoms with van der Waals surface area (Å²) in [6, 6.07) is 1.35. The van der Waals surface area contributed by atoms with Crippen molar-refractivity contribution in [3.63, 3.8) is 0 Å². The second-order valence-corrected chi connectivity index (χ2v) is 11.7. The number of unbranched alkanes of at least 4 members (excludes halogenated alkanes) is 1. The summed E-state index contributed by atoms with van der Waals surface area (Å²) in [5, 5.41) is 0. The quantitative estimate of drug-likeness (QED) is 0.139. The van der Waals surface area contributed by atoms with E-state index in [0.29, 0.717) is 30.9 Å². The molecule has 2 aliphatic carbocycles. The van der Waals surface area contributed by atoms with Gasteiger partial charge in [-0.25, -0.2) is 17.6 Å². The van der Waals surface area contributed by atoms with Gasteiger partial charge < -0.3 is 9.47 Å². The van der Waals surface area contributed by atoms with Crippen LogP contribution in [0.4, 0.5) is 39.5 Å². The first-order valence-corrected chi connectivity index (χ1v) is 14.9. The van der Waals surface area contributed by atoms with Crippen molar-refractivity contribution in [3.05, 3.63) is 72.3 Å². The fourth-order valence-electron chi connectivity index (χ4n) is 6.22. The summed E-state index contributed by atoms with van der Waals surface area (Å²) in [5.74, 6) is -9.14. The van der Waals surface area contributed by atoms with Gasteiger partial charge in [0.25, 0.3) is 0 Å². The number of alkyl halides is 5. The van der Waals surface area contributed by atoms with Crippen molar-refractivity contribution in [1.29, 1.82) is 0 Å². The van der Waals surface area contributed by atoms with Gasteiger partial charge in [0.1, 0.15) is 17.4 Å². The molecule has 4 rings (SSSR count). The largest absolute Gasteiger partial charge is 0.573 e. The predicted octanol–water partition coefficient (Wildman–Crippen LogP) is 11.3. The van der Waals surface area contributed by atoms with Crippen LogP contribution >= 0.6 is 0 Å². The van der Waals surface area contributed by atoms with Gasteiger partial charge in [0, 0.05) is 12.1 Å². The first-order chi connectivity index (χ1) is 20.8. The lowest BCUT2D eigenvalue weighted by atomic mass is 9.78. The Morgan fingerprint density at radius 1 is 0.705 bits per heavy atom. The number of allylic oxidation sites excluding steroid dienone is 3. The Balaban J connectivity index is 1.33. The maximum absolute atomic E-state index is 15.0. The molecule has 0 atom stereocenters. The van der Waals surface area contributed by atoms with Gasteiger partial charge in [0.05, 0.1) is 11.5 Å². The van der Waals surface area contributed by atoms with E-state index < -0.39 is 64.3 Å². The molecule has 11 heteroatoms. The van der Waals surface area contributed by atoms with Crippen LogP contribution in [-0.2, 0) is 0 Å². The van der Waals surface area contributed by atoms with Crippen molar-refractivity contribution in [1.82, 2.24) is 0 Å². The highest BCUT2D eigenvalue weighted by atomic mass is 19.4. The van der Waals surface area contributed by atoms with Gasteiger partial charge in [0.2, 0.25) is 5.75 Å². The van der Waals surface area contributed by atoms with Gasteiger partial charge in [0.15, 0.2) is 11.6 Å². The SMILES string of the molecule is C=CCCCC1CCC(/C=C/C2CCC(C(F)(F)Oc3cc(F)c(-c4cc(F)c(OC(F)(F)F)c(F)c4)c(F)c3)CC2)CC1. The van der Waals surface area contributed by atoms with Gasteiger partial charge >= 0.3 is 12.5 Å². The average Bonchev–Trinajstić information content (AvgIpc) is 2.94. The monoisotopic (exact) mass is 634 g/mol. The van der Waals surface area contributed by atoms with Crippen molar-refractivity contribution < 1.29 is 49.0 Å². The highest BCUT2D eigenvalue weighted by Crippen LogP contribution is 2.42. The smallest absolute Gasteiger partial charge is 0.432 e. The predicted molar refractivity (Wildman–Crippen MR) is 148 cm³/mol. The fourth-order valence-corrected chi connectivity index (χ4v) is 6.22. The van der Waals surface area contributed by atoms with Gasteiger partial charge in [-0.2, -0.15) is 8.78 Å². The Morgan fingerprint density at radius 3 is 1.73 bits per heavy atom. The molecular weight excluding hydrogens is 599 g/mol. The molecule has 44 heavy (non-hydrogen) atoms. The number of rotatable bonds is 11. The molecule has 0 spiro atoms. The normalized spacial score (nSPS) is 23.1. The molecule has 2 saturated carbocycles. The highest BCUT2D eigenvalue weighted by molar-refractivity contribution is 5.67. The van der Waals surface area contributed by atoms with E-state index in [2.05, 4.69) is 23.5 Å². The van der Waals surface area contributed by atoms with Crippen LogP contribution in [0, 0.1) is 46.9 Å². The summed E-state index contributed by atoms with van der Waals surface area (Å²) in [5.41, 5.74) is -1.84. The molecule has 242 valence electrons. The van der Waals surface area contributed by atoms with Gasteiger partial charge in [-0.1, -0.05) is 24.6 Å². The third-order valence-corrected chi connectivity index (χ3v) is 8.59. The van der Waals surface area contributed by atoms with E-state index in [1.807, 2.05) is 6.08 Å². The van der Waals surface area contributed by atoms with Gasteiger partial charge in [-0.3, -0.25) is 0 Å². The molecule has 0 N–H and O–H groups in total. The van der Waals surface area contributed by atoms with Gasteiger partial charge in [-0.15, -0.1) is 19.8 Å². The van der Waals surface area contributed by atoms with Crippen LogP contribution in [-0.4, -0.2) is 12.5 Å². The summed E-state index contributed by atoms with van der Waals surface area (Å²) in [4.78, 5) is 0. The molecule has 0 aliphatic heterocycles. The molecule has 2 aromatic rings. The molecule has 2 fully saturated rings. The minimum absolute atomic E-state index is 0.145. The van der Waals surface area contributed by atoms with Crippen molar-refractivity contribution >= 4 is 0 Å². The van der Waals surface area contributed by atoms with Crippen LogP contribution in [0.2, 0.25) is 0 Å². The standard InChI is InChI=1S/C33H35F9O2/c1-2-3-4-5-20-6-8-21(9-7-20)10-11-22-12-14-24(15-13-22)32(38,39)43-25-18-26(34)30(27(35)19-25)23-16-28(36)31(29(37)17-23)44-33(40,41)42/h2,10-11,16-22,24H,1,3-9,12-15H2/b11-10+. The summed E-state index contributed by atoms with van der Waals surface area (Å²) >= 11 is 0. The maximum Gasteiger partial charge on any atom is 0.573 e. The first kappa shape index (κ1) is 33.8. The first-order valence-electron chi connectivity index (χ1n) is 14.9. The molecule has 0 unspecified atom stereocenters. The van der Waals surface area contributed by atoms with Crippen molar-refractivity contribution in [3.8, 4) is 22.6 Å². The lowest BCUT2D eigenvalue weighted by Crippen LogP contribution is -2.37. The molecule has 0 radical (unpaired) electrons. The van der Waals surface area contributed by atoms with Crippen LogP contribution < -0.4 is 9.47 Å². The lowest BCUT2D eigenvalue weighted by Gasteiger charge is -2.33. The third kappa shape index (κ3) is 8.97. The Bertz CT molecular complexity index is 1260. The summed E-state index contributed by atoms with van der Waals surface area (Å²) in [6.07, 6.45) is 6.57. The van der Waals surface area contributed by atoms with Crippen molar-refractivity contribution in [2.75, 3.05) is 0 Å². The molecule has 2 aliphatic rings. The van der Waals surface area contributed by atoms with Crippen molar-refractivity contribution in [2.24, 2.45) is 23.7 Å². The topological polar surface area (TPSA) is 18.5 Å². The van der Waals surface area contributed by atoms with Gasteiger partial charge in [-0.05, 0) is 99.7 Å². The Labute approximate surface area is 250 Å². The molecule has 0 heterocycles. The van der Waals surface area contributed by atoms with E-state index >= 15 is 8.78 Å². The van der Waals surface area contributed by atoms with E-state index in [4.69, 9.17) is 4.74 Å². The minimum atomic E-state index is -5.41. The Hall–Kier alpha value is -3.11. The number of halogens is 9. The summed E-state index contributed by atoms with van der Waals surface area (Å²) in [6.45, 7) is 3.76. The fraction of sp³-hybridized carbons (Fsp3) is 0.515. The molecule has 0 amide bonds. The van der Waals surface area contributed by atoms with E-state index in [-0.39, 0.29) is 30.9 Å². The number of benzene rings is 2. The Morgan fingerprint density at radius 2 is 1.23 bits per heavy atom. The zero-order valence-corrected chi connectivity index (χ0v) is 24.1. The van der Waals surface area contributed by atoms with Crippen LogP contribution in [0.1, 0.15) is 70.6 Å². The zero-order valence-electron chi connectivity index (χ0n) is 24.1. The van der Waals surface area contributed by atoms with E-state index in [9.17, 15) is 30.7 Å². The molecular formula is C33H35F9O2. The molecule has 0 bridgehead atoms. The maximum atomic E-state index is 15.0. The minimum Gasteiger partial charge on any atom is -0.432 e. The second-order valence-electron chi connectivity index (χ2n) is 11.7.